The predicted octanol–water partition coefficient (Wildman–Crippen LogP) is 3.72. The van der Waals surface area contributed by atoms with Crippen molar-refractivity contribution in [1.82, 2.24) is 4.90 Å². The van der Waals surface area contributed by atoms with Gasteiger partial charge in [0.05, 0.1) is 16.4 Å². The lowest BCUT2D eigenvalue weighted by Crippen LogP contribution is -2.48. The van der Waals surface area contributed by atoms with Gasteiger partial charge in [0.25, 0.3) is 5.91 Å². The van der Waals surface area contributed by atoms with Crippen LogP contribution in [0.4, 0.5) is 11.4 Å². The van der Waals surface area contributed by atoms with Crippen molar-refractivity contribution < 1.29 is 14.3 Å². The standard InChI is InChI=1S/C22H26ClN3O3/c1-3-21(28)25-11-13-26(14-12-25)22-18(23)5-4-6-19(22)24-20(27)15-29-17-9-7-16(2)8-10-17/h4-10H,3,11-15H2,1-2H3,(H,24,27). The van der Waals surface area contributed by atoms with Crippen LogP contribution in [0, 0.1) is 6.92 Å². The molecule has 1 heterocycles. The lowest BCUT2D eigenvalue weighted by molar-refractivity contribution is -0.131. The zero-order chi connectivity index (χ0) is 20.8. The Labute approximate surface area is 176 Å². The second kappa shape index (κ2) is 9.65. The number of carbonyl (C=O) groups excluding carboxylic acids is 2. The highest BCUT2D eigenvalue weighted by Gasteiger charge is 2.23. The molecule has 2 aromatic rings. The number of rotatable bonds is 6. The van der Waals surface area contributed by atoms with Gasteiger partial charge in [-0.1, -0.05) is 42.3 Å². The first kappa shape index (κ1) is 21.0. The third kappa shape index (κ3) is 5.41. The molecular weight excluding hydrogens is 390 g/mol. The van der Waals surface area contributed by atoms with Gasteiger partial charge in [0.2, 0.25) is 5.91 Å². The Kier molecular flexibility index (Phi) is 6.99. The van der Waals surface area contributed by atoms with Crippen molar-refractivity contribution in [3.05, 3.63) is 53.1 Å². The van der Waals surface area contributed by atoms with Crippen molar-refractivity contribution in [2.45, 2.75) is 20.3 Å². The molecular formula is C22H26ClN3O3. The molecule has 0 aliphatic carbocycles. The maximum absolute atomic E-state index is 12.4. The number of anilines is 2. The Hall–Kier alpha value is -2.73. The average molecular weight is 416 g/mol. The monoisotopic (exact) mass is 415 g/mol. The first-order valence-corrected chi connectivity index (χ1v) is 10.2. The molecule has 1 saturated heterocycles. The van der Waals surface area contributed by atoms with E-state index < -0.39 is 0 Å². The van der Waals surface area contributed by atoms with Crippen LogP contribution in [0.5, 0.6) is 5.75 Å². The Balaban J connectivity index is 1.64. The van der Waals surface area contributed by atoms with E-state index in [-0.39, 0.29) is 18.4 Å². The van der Waals surface area contributed by atoms with Crippen LogP contribution in [0.2, 0.25) is 5.02 Å². The molecule has 154 valence electrons. The van der Waals surface area contributed by atoms with Crippen molar-refractivity contribution >= 4 is 34.8 Å². The number of nitrogens with zero attached hydrogens (tertiary/aromatic N) is 2. The zero-order valence-electron chi connectivity index (χ0n) is 16.8. The predicted molar refractivity (Wildman–Crippen MR) is 116 cm³/mol. The molecule has 29 heavy (non-hydrogen) atoms. The number of para-hydroxylation sites is 1. The van der Waals surface area contributed by atoms with E-state index in [1.165, 1.54) is 0 Å². The van der Waals surface area contributed by atoms with E-state index in [2.05, 4.69) is 10.2 Å². The van der Waals surface area contributed by atoms with Crippen molar-refractivity contribution in [3.8, 4) is 5.75 Å². The van der Waals surface area contributed by atoms with Crippen LogP contribution in [0.3, 0.4) is 0 Å². The van der Waals surface area contributed by atoms with Gasteiger partial charge in [-0.25, -0.2) is 0 Å². The summed E-state index contributed by atoms with van der Waals surface area (Å²) < 4.78 is 5.56. The molecule has 0 unspecified atom stereocenters. The minimum Gasteiger partial charge on any atom is -0.484 e. The summed E-state index contributed by atoms with van der Waals surface area (Å²) >= 11 is 6.46. The van der Waals surface area contributed by atoms with Crippen molar-refractivity contribution in [2.24, 2.45) is 0 Å². The number of nitrogens with one attached hydrogen (secondary N) is 1. The van der Waals surface area contributed by atoms with Gasteiger partial charge in [0.15, 0.2) is 6.61 Å². The second-order valence-electron chi connectivity index (χ2n) is 7.01. The number of ether oxygens (including phenoxy) is 1. The Morgan fingerprint density at radius 3 is 2.41 bits per heavy atom. The second-order valence-corrected chi connectivity index (χ2v) is 7.41. The fraction of sp³-hybridized carbons (Fsp3) is 0.364. The summed E-state index contributed by atoms with van der Waals surface area (Å²) in [5, 5.41) is 3.47. The first-order valence-electron chi connectivity index (χ1n) is 9.78. The minimum absolute atomic E-state index is 0.0895. The highest BCUT2D eigenvalue weighted by molar-refractivity contribution is 6.34. The molecule has 1 N–H and O–H groups in total. The van der Waals surface area contributed by atoms with Gasteiger partial charge in [0, 0.05) is 32.6 Å². The quantitative estimate of drug-likeness (QED) is 0.781. The van der Waals surface area contributed by atoms with Crippen LogP contribution in [0.25, 0.3) is 0 Å². The number of benzene rings is 2. The van der Waals surface area contributed by atoms with Gasteiger partial charge in [0.1, 0.15) is 5.75 Å². The Bertz CT molecular complexity index is 862. The van der Waals surface area contributed by atoms with E-state index in [9.17, 15) is 9.59 Å². The van der Waals surface area contributed by atoms with Crippen LogP contribution in [0.1, 0.15) is 18.9 Å². The molecule has 0 bridgehead atoms. The van der Waals surface area contributed by atoms with E-state index in [0.29, 0.717) is 49.1 Å². The smallest absolute Gasteiger partial charge is 0.262 e. The maximum atomic E-state index is 12.4. The maximum Gasteiger partial charge on any atom is 0.262 e. The number of amides is 2. The van der Waals surface area contributed by atoms with Gasteiger partial charge in [-0.05, 0) is 31.2 Å². The Morgan fingerprint density at radius 1 is 1.07 bits per heavy atom. The van der Waals surface area contributed by atoms with Crippen LogP contribution in [-0.2, 0) is 9.59 Å². The molecule has 6 nitrogen and oxygen atoms in total. The molecule has 0 saturated carbocycles. The SMILES string of the molecule is CCC(=O)N1CCN(c2c(Cl)cccc2NC(=O)COc2ccc(C)cc2)CC1. The van der Waals surface area contributed by atoms with Crippen LogP contribution in [-0.4, -0.2) is 49.5 Å². The number of hydrogen-bond acceptors (Lipinski definition) is 4. The molecule has 0 atom stereocenters. The molecule has 0 spiro atoms. The summed E-state index contributed by atoms with van der Waals surface area (Å²) in [6, 6.07) is 13.0. The van der Waals surface area contributed by atoms with Gasteiger partial charge in [-0.2, -0.15) is 0 Å². The highest BCUT2D eigenvalue weighted by Crippen LogP contribution is 2.34. The van der Waals surface area contributed by atoms with Crippen molar-refractivity contribution in [3.63, 3.8) is 0 Å². The number of halogens is 1. The lowest BCUT2D eigenvalue weighted by Gasteiger charge is -2.37. The van der Waals surface area contributed by atoms with Crippen LogP contribution in [0.15, 0.2) is 42.5 Å². The van der Waals surface area contributed by atoms with Crippen LogP contribution < -0.4 is 15.0 Å². The zero-order valence-corrected chi connectivity index (χ0v) is 17.5. The summed E-state index contributed by atoms with van der Waals surface area (Å²) in [5.74, 6) is 0.549. The summed E-state index contributed by atoms with van der Waals surface area (Å²) in [5.41, 5.74) is 2.55. The molecule has 7 heteroatoms. The van der Waals surface area contributed by atoms with Gasteiger partial charge < -0.3 is 19.9 Å². The fourth-order valence-electron chi connectivity index (χ4n) is 3.31. The van der Waals surface area contributed by atoms with Gasteiger partial charge in [-0.15, -0.1) is 0 Å². The average Bonchev–Trinajstić information content (AvgIpc) is 2.73. The largest absolute Gasteiger partial charge is 0.484 e. The third-order valence-electron chi connectivity index (χ3n) is 4.90. The topological polar surface area (TPSA) is 61.9 Å². The summed E-state index contributed by atoms with van der Waals surface area (Å²) in [4.78, 5) is 28.3. The summed E-state index contributed by atoms with van der Waals surface area (Å²) in [6.45, 7) is 6.39. The minimum atomic E-state index is -0.256. The highest BCUT2D eigenvalue weighted by atomic mass is 35.5. The molecule has 0 aromatic heterocycles. The molecule has 1 fully saturated rings. The molecule has 3 rings (SSSR count). The molecule has 2 amide bonds. The number of hydrogen-bond donors (Lipinski definition) is 1. The number of piperazine rings is 1. The van der Waals surface area contributed by atoms with Crippen molar-refractivity contribution in [2.75, 3.05) is 43.0 Å². The lowest BCUT2D eigenvalue weighted by atomic mass is 10.2. The van der Waals surface area contributed by atoms with Crippen LogP contribution >= 0.6 is 11.6 Å². The van der Waals surface area contributed by atoms with Gasteiger partial charge in [-0.3, -0.25) is 9.59 Å². The van der Waals surface area contributed by atoms with Gasteiger partial charge >= 0.3 is 0 Å². The summed E-state index contributed by atoms with van der Waals surface area (Å²) in [7, 11) is 0. The van der Waals surface area contributed by atoms with E-state index in [0.717, 1.165) is 11.3 Å². The normalized spacial score (nSPS) is 13.9. The Morgan fingerprint density at radius 2 is 1.76 bits per heavy atom. The van der Waals surface area contributed by atoms with E-state index in [1.54, 1.807) is 12.1 Å². The van der Waals surface area contributed by atoms with Crippen molar-refractivity contribution in [1.29, 1.82) is 0 Å². The number of carbonyl (C=O) groups is 2. The molecule has 1 aliphatic heterocycles. The number of aryl methyl sites for hydroxylation is 1. The first-order chi connectivity index (χ1) is 14.0. The summed E-state index contributed by atoms with van der Waals surface area (Å²) in [6.07, 6.45) is 0.508. The van der Waals surface area contributed by atoms with E-state index in [4.69, 9.17) is 16.3 Å². The molecule has 1 aliphatic rings. The van der Waals surface area contributed by atoms with E-state index >= 15 is 0 Å². The molecule has 0 radical (unpaired) electrons. The molecule has 2 aromatic carbocycles. The fourth-order valence-corrected chi connectivity index (χ4v) is 3.60. The third-order valence-corrected chi connectivity index (χ3v) is 5.21. The van der Waals surface area contributed by atoms with E-state index in [1.807, 2.05) is 49.1 Å².